The largest absolute Gasteiger partial charge is 0.496 e. The molecule has 0 unspecified atom stereocenters. The van der Waals surface area contributed by atoms with Gasteiger partial charge in [0.15, 0.2) is 5.78 Å². The molecule has 1 aromatic carbocycles. The summed E-state index contributed by atoms with van der Waals surface area (Å²) in [6.07, 6.45) is 0.761. The van der Waals surface area contributed by atoms with Crippen LogP contribution in [0.1, 0.15) is 28.8 Å². The predicted molar refractivity (Wildman–Crippen MR) is 64.9 cm³/mol. The van der Waals surface area contributed by atoms with Gasteiger partial charge in [-0.15, -0.1) is 0 Å². The number of Topliss-reactive ketones (excluding diaryl/α,β-unsaturated/α-hetero) is 1. The summed E-state index contributed by atoms with van der Waals surface area (Å²) >= 11 is 0. The number of ether oxygens (including phenoxy) is 2. The van der Waals surface area contributed by atoms with Gasteiger partial charge in [0, 0.05) is 13.0 Å². The van der Waals surface area contributed by atoms with Crippen LogP contribution < -0.4 is 9.47 Å². The summed E-state index contributed by atoms with van der Waals surface area (Å²) in [6, 6.07) is 3.47. The van der Waals surface area contributed by atoms with Gasteiger partial charge in [-0.05, 0) is 31.0 Å². The lowest BCUT2D eigenvalue weighted by atomic mass is 10.0. The number of methoxy groups -OCH3 is 2. The number of benzene rings is 1. The third-order valence-corrected chi connectivity index (χ3v) is 2.58. The number of aliphatic hydroxyl groups excluding tert-OH is 1. The van der Waals surface area contributed by atoms with Crippen molar-refractivity contribution in [3.63, 3.8) is 0 Å². The second-order valence-corrected chi connectivity index (χ2v) is 3.77. The first-order valence-electron chi connectivity index (χ1n) is 5.50. The van der Waals surface area contributed by atoms with Crippen LogP contribution in [0.5, 0.6) is 11.5 Å². The average Bonchev–Trinajstić information content (AvgIpc) is 2.35. The fourth-order valence-corrected chi connectivity index (χ4v) is 1.64. The Kier molecular flexibility index (Phi) is 4.97. The molecule has 4 nitrogen and oxygen atoms in total. The first-order valence-corrected chi connectivity index (χ1v) is 5.50. The van der Waals surface area contributed by atoms with E-state index in [-0.39, 0.29) is 12.4 Å². The van der Waals surface area contributed by atoms with E-state index in [1.54, 1.807) is 19.2 Å². The van der Waals surface area contributed by atoms with Gasteiger partial charge in [-0.3, -0.25) is 4.79 Å². The zero-order valence-electron chi connectivity index (χ0n) is 10.4. The van der Waals surface area contributed by atoms with E-state index in [0.717, 1.165) is 5.56 Å². The monoisotopic (exact) mass is 238 g/mol. The van der Waals surface area contributed by atoms with Gasteiger partial charge in [-0.2, -0.15) is 0 Å². The summed E-state index contributed by atoms with van der Waals surface area (Å²) in [5.74, 6) is 1.17. The molecule has 1 N–H and O–H groups in total. The number of carbonyl (C=O) groups is 1. The highest BCUT2D eigenvalue weighted by Gasteiger charge is 2.15. The van der Waals surface area contributed by atoms with Crippen molar-refractivity contribution >= 4 is 5.78 Å². The molecule has 0 spiro atoms. The summed E-state index contributed by atoms with van der Waals surface area (Å²) in [4.78, 5) is 11.9. The lowest BCUT2D eigenvalue weighted by Gasteiger charge is -2.12. The van der Waals surface area contributed by atoms with E-state index in [1.165, 1.54) is 7.11 Å². The Morgan fingerprint density at radius 1 is 1.24 bits per heavy atom. The Bertz CT molecular complexity index is 399. The minimum absolute atomic E-state index is 0.0110. The van der Waals surface area contributed by atoms with Gasteiger partial charge in [-0.1, -0.05) is 0 Å². The van der Waals surface area contributed by atoms with E-state index in [9.17, 15) is 4.79 Å². The standard InChI is InChI=1S/C13H18O4/c1-9-7-13(17-3)10(8-12(9)16-2)11(15)5-4-6-14/h7-8,14H,4-6H2,1-3H3. The van der Waals surface area contributed by atoms with Crippen molar-refractivity contribution in [1.82, 2.24) is 0 Å². The van der Waals surface area contributed by atoms with E-state index < -0.39 is 0 Å². The van der Waals surface area contributed by atoms with Gasteiger partial charge in [0.1, 0.15) is 11.5 Å². The van der Waals surface area contributed by atoms with Crippen molar-refractivity contribution < 1.29 is 19.4 Å². The minimum Gasteiger partial charge on any atom is -0.496 e. The maximum Gasteiger partial charge on any atom is 0.166 e. The second kappa shape index (κ2) is 6.25. The Hall–Kier alpha value is -1.55. The molecule has 0 aromatic heterocycles. The number of ketones is 1. The highest BCUT2D eigenvalue weighted by atomic mass is 16.5. The van der Waals surface area contributed by atoms with Gasteiger partial charge in [0.25, 0.3) is 0 Å². The van der Waals surface area contributed by atoms with Gasteiger partial charge in [0.2, 0.25) is 0 Å². The van der Waals surface area contributed by atoms with Crippen molar-refractivity contribution in [2.45, 2.75) is 19.8 Å². The van der Waals surface area contributed by atoms with Gasteiger partial charge in [-0.25, -0.2) is 0 Å². The summed E-state index contributed by atoms with van der Waals surface area (Å²) in [5.41, 5.74) is 1.42. The molecule has 0 saturated heterocycles. The van der Waals surface area contributed by atoms with Crippen molar-refractivity contribution in [1.29, 1.82) is 0 Å². The summed E-state index contributed by atoms with van der Waals surface area (Å²) in [7, 11) is 3.10. The zero-order valence-corrected chi connectivity index (χ0v) is 10.4. The van der Waals surface area contributed by atoms with Gasteiger partial charge >= 0.3 is 0 Å². The van der Waals surface area contributed by atoms with E-state index >= 15 is 0 Å². The number of aliphatic hydroxyl groups is 1. The molecule has 4 heteroatoms. The number of hydrogen-bond donors (Lipinski definition) is 1. The molecule has 0 fully saturated rings. The fraction of sp³-hybridized carbons (Fsp3) is 0.462. The highest BCUT2D eigenvalue weighted by Crippen LogP contribution is 2.29. The van der Waals surface area contributed by atoms with Crippen molar-refractivity contribution in [3.8, 4) is 11.5 Å². The maximum absolute atomic E-state index is 11.9. The fourth-order valence-electron chi connectivity index (χ4n) is 1.64. The lowest BCUT2D eigenvalue weighted by molar-refractivity contribution is 0.0968. The molecule has 0 heterocycles. The molecule has 0 aliphatic heterocycles. The van der Waals surface area contributed by atoms with Crippen LogP contribution >= 0.6 is 0 Å². The first kappa shape index (κ1) is 13.5. The molecular formula is C13H18O4. The molecule has 94 valence electrons. The first-order chi connectivity index (χ1) is 8.13. The third-order valence-electron chi connectivity index (χ3n) is 2.58. The van der Waals surface area contributed by atoms with Crippen LogP contribution in [-0.4, -0.2) is 31.7 Å². The Morgan fingerprint density at radius 2 is 1.88 bits per heavy atom. The predicted octanol–water partition coefficient (Wildman–Crippen LogP) is 1.97. The normalized spacial score (nSPS) is 10.1. The van der Waals surface area contributed by atoms with Crippen molar-refractivity contribution in [2.24, 2.45) is 0 Å². The SMILES string of the molecule is COc1cc(C(=O)CCCO)c(OC)cc1C. The number of hydrogen-bond acceptors (Lipinski definition) is 4. The second-order valence-electron chi connectivity index (χ2n) is 3.77. The van der Waals surface area contributed by atoms with Gasteiger partial charge < -0.3 is 14.6 Å². The van der Waals surface area contributed by atoms with Crippen LogP contribution in [0.4, 0.5) is 0 Å². The van der Waals surface area contributed by atoms with Crippen LogP contribution in [-0.2, 0) is 0 Å². The van der Waals surface area contributed by atoms with Crippen LogP contribution in [0, 0.1) is 6.92 Å². The summed E-state index contributed by atoms with van der Waals surface area (Å²) in [5, 5.41) is 8.73. The van der Waals surface area contributed by atoms with Crippen LogP contribution in [0.25, 0.3) is 0 Å². The molecule has 0 bridgehead atoms. The molecular weight excluding hydrogens is 220 g/mol. The molecule has 1 rings (SSSR count). The zero-order chi connectivity index (χ0) is 12.8. The van der Waals surface area contributed by atoms with Crippen LogP contribution in [0.3, 0.4) is 0 Å². The van der Waals surface area contributed by atoms with E-state index in [0.29, 0.717) is 29.9 Å². The molecule has 17 heavy (non-hydrogen) atoms. The molecule has 0 atom stereocenters. The van der Waals surface area contributed by atoms with E-state index in [1.807, 2.05) is 6.92 Å². The molecule has 0 saturated carbocycles. The Labute approximate surface area is 101 Å². The lowest BCUT2D eigenvalue weighted by Crippen LogP contribution is -2.04. The summed E-state index contributed by atoms with van der Waals surface area (Å²) in [6.45, 7) is 1.90. The van der Waals surface area contributed by atoms with E-state index in [2.05, 4.69) is 0 Å². The highest BCUT2D eigenvalue weighted by molar-refractivity contribution is 5.99. The quantitative estimate of drug-likeness (QED) is 0.770. The van der Waals surface area contributed by atoms with Crippen molar-refractivity contribution in [2.75, 3.05) is 20.8 Å². The number of aryl methyl sites for hydroxylation is 1. The Morgan fingerprint density at radius 3 is 2.41 bits per heavy atom. The Balaban J connectivity index is 3.07. The van der Waals surface area contributed by atoms with Crippen molar-refractivity contribution in [3.05, 3.63) is 23.3 Å². The minimum atomic E-state index is -0.0470. The smallest absolute Gasteiger partial charge is 0.166 e. The molecule has 0 aliphatic carbocycles. The third kappa shape index (κ3) is 3.20. The number of rotatable bonds is 6. The summed E-state index contributed by atoms with van der Waals surface area (Å²) < 4.78 is 10.4. The maximum atomic E-state index is 11.9. The van der Waals surface area contributed by atoms with Crippen LogP contribution in [0.2, 0.25) is 0 Å². The molecule has 0 amide bonds. The van der Waals surface area contributed by atoms with Gasteiger partial charge in [0.05, 0.1) is 19.8 Å². The molecule has 0 radical (unpaired) electrons. The number of carbonyl (C=O) groups excluding carboxylic acids is 1. The molecule has 1 aromatic rings. The van der Waals surface area contributed by atoms with Crippen LogP contribution in [0.15, 0.2) is 12.1 Å². The molecule has 0 aliphatic rings. The van der Waals surface area contributed by atoms with E-state index in [4.69, 9.17) is 14.6 Å². The topological polar surface area (TPSA) is 55.8 Å². The average molecular weight is 238 g/mol.